The Morgan fingerprint density at radius 3 is 2.64 bits per heavy atom. The van der Waals surface area contributed by atoms with E-state index in [-0.39, 0.29) is 22.5 Å². The Balaban J connectivity index is 3.41. The summed E-state index contributed by atoms with van der Waals surface area (Å²) in [6.07, 6.45) is -1.60. The lowest BCUT2D eigenvalue weighted by molar-refractivity contribution is 0.107. The summed E-state index contributed by atoms with van der Waals surface area (Å²) in [5, 5.41) is -0.940. The molecule has 1 aromatic heterocycles. The lowest BCUT2D eigenvalue weighted by atomic mass is 10.1. The Kier molecular flexibility index (Phi) is 3.00. The van der Waals surface area contributed by atoms with Crippen molar-refractivity contribution in [3.8, 4) is 0 Å². The number of aromatic nitrogens is 1. The molecule has 0 aromatic carbocycles. The van der Waals surface area contributed by atoms with Crippen LogP contribution in [0.25, 0.3) is 0 Å². The Bertz CT molecular complexity index is 382. The Labute approximate surface area is 83.9 Å². The molecule has 1 aromatic rings. The van der Waals surface area contributed by atoms with Gasteiger partial charge in [0, 0.05) is 11.8 Å². The number of alkyl halides is 2. The van der Waals surface area contributed by atoms with Crippen molar-refractivity contribution >= 4 is 22.5 Å². The van der Waals surface area contributed by atoms with Crippen molar-refractivity contribution in [1.82, 2.24) is 4.98 Å². The zero-order valence-electron chi connectivity index (χ0n) is 7.22. The van der Waals surface area contributed by atoms with E-state index >= 15 is 0 Å². The van der Waals surface area contributed by atoms with Crippen LogP contribution in [0.5, 0.6) is 0 Å². The molecular formula is C8H7ClF2N2O. The molecule has 1 rings (SSSR count). The molecule has 0 atom stereocenters. The number of hydrogen-bond acceptors (Lipinski definition) is 3. The number of pyridine rings is 1. The van der Waals surface area contributed by atoms with Crippen LogP contribution >= 0.6 is 11.6 Å². The Morgan fingerprint density at radius 1 is 1.64 bits per heavy atom. The second kappa shape index (κ2) is 3.88. The first-order chi connectivity index (χ1) is 6.45. The van der Waals surface area contributed by atoms with Gasteiger partial charge in [-0.25, -0.2) is 13.8 Å². The number of nitrogens with two attached hydrogens (primary N) is 1. The molecule has 0 amide bonds. The van der Waals surface area contributed by atoms with E-state index in [1.54, 1.807) is 0 Å². The van der Waals surface area contributed by atoms with Crippen LogP contribution in [0.3, 0.4) is 0 Å². The standard InChI is InChI=1S/C8H7ClF2N2O/c1-3-2-13-6(7(9)14)5(12)4(3)8(10)11/h2,8H,12H2,1H3. The molecule has 0 spiro atoms. The maximum Gasteiger partial charge on any atom is 0.272 e. The van der Waals surface area contributed by atoms with Gasteiger partial charge in [0.2, 0.25) is 0 Å². The molecule has 2 N–H and O–H groups in total. The van der Waals surface area contributed by atoms with E-state index in [0.717, 1.165) is 6.20 Å². The first kappa shape index (κ1) is 10.8. The molecule has 0 saturated carbocycles. The van der Waals surface area contributed by atoms with Crippen molar-refractivity contribution in [3.05, 3.63) is 23.0 Å². The number of hydrogen-bond donors (Lipinski definition) is 1. The van der Waals surface area contributed by atoms with Gasteiger partial charge >= 0.3 is 0 Å². The van der Waals surface area contributed by atoms with Crippen molar-refractivity contribution in [2.45, 2.75) is 13.3 Å². The normalized spacial score (nSPS) is 10.6. The van der Waals surface area contributed by atoms with Gasteiger partial charge in [-0.1, -0.05) is 0 Å². The zero-order valence-corrected chi connectivity index (χ0v) is 7.98. The molecule has 0 radical (unpaired) electrons. The van der Waals surface area contributed by atoms with E-state index in [4.69, 9.17) is 17.3 Å². The summed E-state index contributed by atoms with van der Waals surface area (Å²) in [6.45, 7) is 1.44. The van der Waals surface area contributed by atoms with Crippen molar-refractivity contribution < 1.29 is 13.6 Å². The van der Waals surface area contributed by atoms with Crippen LogP contribution in [-0.2, 0) is 0 Å². The highest BCUT2D eigenvalue weighted by Gasteiger charge is 2.20. The molecule has 76 valence electrons. The van der Waals surface area contributed by atoms with Crippen molar-refractivity contribution in [1.29, 1.82) is 0 Å². The van der Waals surface area contributed by atoms with E-state index in [1.165, 1.54) is 6.92 Å². The minimum Gasteiger partial charge on any atom is -0.396 e. The molecule has 0 aliphatic carbocycles. The van der Waals surface area contributed by atoms with Crippen molar-refractivity contribution in [3.63, 3.8) is 0 Å². The van der Waals surface area contributed by atoms with Crippen LogP contribution in [-0.4, -0.2) is 10.2 Å². The van der Waals surface area contributed by atoms with Gasteiger partial charge < -0.3 is 5.73 Å². The van der Waals surface area contributed by atoms with Crippen LogP contribution in [0.4, 0.5) is 14.5 Å². The van der Waals surface area contributed by atoms with E-state index < -0.39 is 11.7 Å². The van der Waals surface area contributed by atoms with Gasteiger partial charge in [0.1, 0.15) is 5.69 Å². The third-order valence-corrected chi connectivity index (χ3v) is 1.94. The Hall–Kier alpha value is -1.23. The summed E-state index contributed by atoms with van der Waals surface area (Å²) in [5.74, 6) is 0. The maximum atomic E-state index is 12.5. The maximum absolute atomic E-state index is 12.5. The molecular weight excluding hydrogens is 214 g/mol. The number of nitrogen functional groups attached to an aromatic ring is 1. The highest BCUT2D eigenvalue weighted by molar-refractivity contribution is 6.68. The van der Waals surface area contributed by atoms with Crippen molar-refractivity contribution in [2.24, 2.45) is 0 Å². The van der Waals surface area contributed by atoms with E-state index in [1.807, 2.05) is 0 Å². The number of nitrogens with zero attached hydrogens (tertiary/aromatic N) is 1. The van der Waals surface area contributed by atoms with Gasteiger partial charge in [-0.3, -0.25) is 4.79 Å². The van der Waals surface area contributed by atoms with Gasteiger partial charge in [0.15, 0.2) is 0 Å². The molecule has 0 unspecified atom stereocenters. The van der Waals surface area contributed by atoms with Gasteiger partial charge in [-0.05, 0) is 24.1 Å². The quantitative estimate of drug-likeness (QED) is 0.778. The largest absolute Gasteiger partial charge is 0.396 e. The summed E-state index contributed by atoms with van der Waals surface area (Å²) >= 11 is 5.11. The van der Waals surface area contributed by atoms with Crippen LogP contribution in [0, 0.1) is 6.92 Å². The lowest BCUT2D eigenvalue weighted by Crippen LogP contribution is -2.07. The fourth-order valence-corrected chi connectivity index (χ4v) is 1.24. The number of aryl methyl sites for hydroxylation is 1. The smallest absolute Gasteiger partial charge is 0.272 e. The average molecular weight is 221 g/mol. The minimum absolute atomic E-state index is 0.235. The summed E-state index contributed by atoms with van der Waals surface area (Å²) < 4.78 is 24.9. The van der Waals surface area contributed by atoms with Gasteiger partial charge in [-0.15, -0.1) is 0 Å². The van der Waals surface area contributed by atoms with E-state index in [0.29, 0.717) is 0 Å². The summed E-state index contributed by atoms with van der Waals surface area (Å²) in [6, 6.07) is 0. The van der Waals surface area contributed by atoms with Gasteiger partial charge in [0.25, 0.3) is 11.7 Å². The highest BCUT2D eigenvalue weighted by Crippen LogP contribution is 2.30. The first-order valence-corrected chi connectivity index (χ1v) is 4.06. The highest BCUT2D eigenvalue weighted by atomic mass is 35.5. The number of rotatable bonds is 2. The zero-order chi connectivity index (χ0) is 10.9. The second-order valence-electron chi connectivity index (χ2n) is 2.69. The predicted molar refractivity (Wildman–Crippen MR) is 48.5 cm³/mol. The van der Waals surface area contributed by atoms with Crippen LogP contribution in [0.1, 0.15) is 28.0 Å². The molecule has 0 aliphatic rings. The fourth-order valence-electron chi connectivity index (χ4n) is 1.09. The van der Waals surface area contributed by atoms with Crippen molar-refractivity contribution in [2.75, 3.05) is 5.73 Å². The lowest BCUT2D eigenvalue weighted by Gasteiger charge is -2.09. The predicted octanol–water partition coefficient (Wildman–Crippen LogP) is 2.29. The summed E-state index contributed by atoms with van der Waals surface area (Å²) in [4.78, 5) is 14.3. The molecule has 6 heteroatoms. The second-order valence-corrected chi connectivity index (χ2v) is 3.03. The molecule has 14 heavy (non-hydrogen) atoms. The summed E-state index contributed by atoms with van der Waals surface area (Å²) in [5.41, 5.74) is 4.51. The number of anilines is 1. The molecule has 1 heterocycles. The van der Waals surface area contributed by atoms with E-state index in [9.17, 15) is 13.6 Å². The third-order valence-electron chi connectivity index (χ3n) is 1.76. The molecule has 0 saturated heterocycles. The first-order valence-electron chi connectivity index (χ1n) is 3.68. The molecule has 3 nitrogen and oxygen atoms in total. The number of carbonyl (C=O) groups is 1. The molecule has 0 aliphatic heterocycles. The van der Waals surface area contributed by atoms with E-state index in [2.05, 4.69) is 4.98 Å². The average Bonchev–Trinajstić information content (AvgIpc) is 2.02. The van der Waals surface area contributed by atoms with Crippen LogP contribution in [0.2, 0.25) is 0 Å². The minimum atomic E-state index is -2.74. The van der Waals surface area contributed by atoms with Crippen LogP contribution < -0.4 is 5.73 Å². The summed E-state index contributed by atoms with van der Waals surface area (Å²) in [7, 11) is 0. The SMILES string of the molecule is Cc1cnc(C(=O)Cl)c(N)c1C(F)F. The number of carbonyl (C=O) groups excluding carboxylic acids is 1. The number of halogens is 3. The van der Waals surface area contributed by atoms with Crippen LogP contribution in [0.15, 0.2) is 6.20 Å². The fraction of sp³-hybridized carbons (Fsp3) is 0.250. The monoisotopic (exact) mass is 220 g/mol. The molecule has 0 bridgehead atoms. The molecule has 0 fully saturated rings. The van der Waals surface area contributed by atoms with Gasteiger partial charge in [-0.2, -0.15) is 0 Å². The Morgan fingerprint density at radius 2 is 2.21 bits per heavy atom. The third kappa shape index (κ3) is 1.82. The topological polar surface area (TPSA) is 56.0 Å². The van der Waals surface area contributed by atoms with Gasteiger partial charge in [0.05, 0.1) is 5.69 Å².